The van der Waals surface area contributed by atoms with E-state index in [0.29, 0.717) is 11.3 Å². The summed E-state index contributed by atoms with van der Waals surface area (Å²) in [5.74, 6) is 0.683. The zero-order valence-corrected chi connectivity index (χ0v) is 11.8. The highest BCUT2D eigenvalue weighted by atomic mass is 15.3. The van der Waals surface area contributed by atoms with Gasteiger partial charge in [0.2, 0.25) is 0 Å². The van der Waals surface area contributed by atoms with Crippen LogP contribution >= 0.6 is 0 Å². The van der Waals surface area contributed by atoms with Crippen LogP contribution in [0.4, 0.5) is 0 Å². The lowest BCUT2D eigenvalue weighted by molar-refractivity contribution is 0.132. The first-order chi connectivity index (χ1) is 7.17. The number of aryl methyl sites for hydroxylation is 1. The Bertz CT molecular complexity index is 345. The zero-order chi connectivity index (χ0) is 12.6. The van der Waals surface area contributed by atoms with E-state index in [1.54, 1.807) is 0 Å². The lowest BCUT2D eigenvalue weighted by atomic mass is 9.72. The summed E-state index contributed by atoms with van der Waals surface area (Å²) in [7, 11) is 0. The second-order valence-corrected chi connectivity index (χ2v) is 6.52. The van der Waals surface area contributed by atoms with Gasteiger partial charge in [0.1, 0.15) is 0 Å². The van der Waals surface area contributed by atoms with Gasteiger partial charge in [-0.2, -0.15) is 5.10 Å². The molecule has 92 valence electrons. The Morgan fingerprint density at radius 1 is 1.25 bits per heavy atom. The van der Waals surface area contributed by atoms with Gasteiger partial charge in [-0.1, -0.05) is 27.7 Å². The lowest BCUT2D eigenvalue weighted by Gasteiger charge is -2.38. The van der Waals surface area contributed by atoms with Gasteiger partial charge >= 0.3 is 0 Å². The maximum atomic E-state index is 4.45. The Morgan fingerprint density at radius 3 is 2.19 bits per heavy atom. The van der Waals surface area contributed by atoms with Gasteiger partial charge in [-0.05, 0) is 44.6 Å². The molecule has 2 heteroatoms. The van der Waals surface area contributed by atoms with Crippen molar-refractivity contribution >= 4 is 0 Å². The molecule has 0 aliphatic carbocycles. The predicted molar refractivity (Wildman–Crippen MR) is 69.5 cm³/mol. The highest BCUT2D eigenvalue weighted by molar-refractivity contribution is 5.01. The Hall–Kier alpha value is -0.790. The average molecular weight is 222 g/mol. The number of hydrogen-bond acceptors (Lipinski definition) is 1. The Balaban J connectivity index is 2.92. The van der Waals surface area contributed by atoms with Crippen LogP contribution in [0.1, 0.15) is 53.7 Å². The van der Waals surface area contributed by atoms with Crippen LogP contribution in [0.15, 0.2) is 12.3 Å². The second kappa shape index (κ2) is 4.23. The Labute approximate surface area is 100 Å². The lowest BCUT2D eigenvalue weighted by Crippen LogP contribution is -2.36. The SMILES string of the molecule is Cc1ccnn1C(C)(C)CC(C)(C)C(C)C. The Kier molecular flexibility index (Phi) is 3.51. The average Bonchev–Trinajstić information content (AvgIpc) is 2.49. The fourth-order valence-electron chi connectivity index (χ4n) is 2.40. The van der Waals surface area contributed by atoms with Crippen LogP contribution in [0, 0.1) is 18.3 Å². The van der Waals surface area contributed by atoms with Crippen LogP contribution in [0.2, 0.25) is 0 Å². The van der Waals surface area contributed by atoms with Crippen molar-refractivity contribution in [3.05, 3.63) is 18.0 Å². The molecule has 0 bridgehead atoms. The monoisotopic (exact) mass is 222 g/mol. The minimum Gasteiger partial charge on any atom is -0.264 e. The predicted octanol–water partition coefficient (Wildman–Crippen LogP) is 4.00. The molecule has 0 N–H and O–H groups in total. The van der Waals surface area contributed by atoms with Crippen LogP contribution in [0.5, 0.6) is 0 Å². The van der Waals surface area contributed by atoms with E-state index in [0.717, 1.165) is 6.42 Å². The summed E-state index contributed by atoms with van der Waals surface area (Å²) >= 11 is 0. The van der Waals surface area contributed by atoms with Crippen molar-refractivity contribution in [3.63, 3.8) is 0 Å². The third kappa shape index (κ3) is 2.66. The smallest absolute Gasteiger partial charge is 0.0579 e. The van der Waals surface area contributed by atoms with Crippen molar-refractivity contribution in [2.75, 3.05) is 0 Å². The van der Waals surface area contributed by atoms with Gasteiger partial charge in [0.15, 0.2) is 0 Å². The van der Waals surface area contributed by atoms with Gasteiger partial charge in [0, 0.05) is 11.9 Å². The minimum atomic E-state index is 0.0847. The van der Waals surface area contributed by atoms with Gasteiger partial charge < -0.3 is 0 Å². The first-order valence-electron chi connectivity index (χ1n) is 6.18. The van der Waals surface area contributed by atoms with Gasteiger partial charge in [0.25, 0.3) is 0 Å². The summed E-state index contributed by atoms with van der Waals surface area (Å²) in [6.45, 7) is 16.0. The summed E-state index contributed by atoms with van der Waals surface area (Å²) in [5.41, 5.74) is 1.66. The summed E-state index contributed by atoms with van der Waals surface area (Å²) in [4.78, 5) is 0. The van der Waals surface area contributed by atoms with E-state index in [4.69, 9.17) is 0 Å². The third-order valence-corrected chi connectivity index (χ3v) is 3.86. The molecule has 16 heavy (non-hydrogen) atoms. The number of nitrogens with zero attached hydrogens (tertiary/aromatic N) is 2. The summed E-state index contributed by atoms with van der Waals surface area (Å²) in [6.07, 6.45) is 3.03. The molecule has 2 nitrogen and oxygen atoms in total. The topological polar surface area (TPSA) is 17.8 Å². The summed E-state index contributed by atoms with van der Waals surface area (Å²) < 4.78 is 2.15. The van der Waals surface area contributed by atoms with Crippen molar-refractivity contribution < 1.29 is 0 Å². The van der Waals surface area contributed by atoms with E-state index in [1.807, 2.05) is 6.20 Å². The normalized spacial score (nSPS) is 13.5. The third-order valence-electron chi connectivity index (χ3n) is 3.86. The van der Waals surface area contributed by atoms with Gasteiger partial charge in [-0.15, -0.1) is 0 Å². The summed E-state index contributed by atoms with van der Waals surface area (Å²) in [6, 6.07) is 2.07. The molecular formula is C14H26N2. The fraction of sp³-hybridized carbons (Fsp3) is 0.786. The van der Waals surface area contributed by atoms with E-state index in [1.165, 1.54) is 5.69 Å². The highest BCUT2D eigenvalue weighted by Gasteiger charge is 2.33. The van der Waals surface area contributed by atoms with E-state index >= 15 is 0 Å². The Morgan fingerprint density at radius 2 is 1.81 bits per heavy atom. The molecular weight excluding hydrogens is 196 g/mol. The molecule has 1 aromatic heterocycles. The van der Waals surface area contributed by atoms with Gasteiger partial charge in [-0.25, -0.2) is 0 Å². The molecule has 1 rings (SSSR count). The van der Waals surface area contributed by atoms with Crippen LogP contribution < -0.4 is 0 Å². The fourth-order valence-corrected chi connectivity index (χ4v) is 2.40. The molecule has 0 fully saturated rings. The maximum absolute atomic E-state index is 4.45. The molecule has 1 aromatic rings. The first-order valence-corrected chi connectivity index (χ1v) is 6.18. The minimum absolute atomic E-state index is 0.0847. The van der Waals surface area contributed by atoms with Crippen molar-refractivity contribution in [1.29, 1.82) is 0 Å². The molecule has 0 amide bonds. The van der Waals surface area contributed by atoms with E-state index < -0.39 is 0 Å². The number of hydrogen-bond donors (Lipinski definition) is 0. The van der Waals surface area contributed by atoms with Crippen LogP contribution in [-0.2, 0) is 5.54 Å². The van der Waals surface area contributed by atoms with Crippen molar-refractivity contribution in [3.8, 4) is 0 Å². The largest absolute Gasteiger partial charge is 0.264 e. The van der Waals surface area contributed by atoms with Crippen molar-refractivity contribution in [1.82, 2.24) is 9.78 Å². The van der Waals surface area contributed by atoms with Gasteiger partial charge in [0.05, 0.1) is 5.54 Å². The van der Waals surface area contributed by atoms with Crippen LogP contribution in [-0.4, -0.2) is 9.78 Å². The molecule has 0 aliphatic heterocycles. The zero-order valence-electron chi connectivity index (χ0n) is 11.8. The van der Waals surface area contributed by atoms with Crippen molar-refractivity contribution in [2.45, 2.75) is 60.4 Å². The molecule has 0 unspecified atom stereocenters. The van der Waals surface area contributed by atoms with Crippen molar-refractivity contribution in [2.24, 2.45) is 11.3 Å². The number of rotatable bonds is 4. The van der Waals surface area contributed by atoms with E-state index in [2.05, 4.69) is 64.3 Å². The molecule has 1 heterocycles. The highest BCUT2D eigenvalue weighted by Crippen LogP contribution is 2.38. The first kappa shape index (κ1) is 13.3. The van der Waals surface area contributed by atoms with Crippen LogP contribution in [0.3, 0.4) is 0 Å². The summed E-state index contributed by atoms with van der Waals surface area (Å²) in [5, 5.41) is 4.45. The van der Waals surface area contributed by atoms with Gasteiger partial charge in [-0.3, -0.25) is 4.68 Å². The standard InChI is InChI=1S/C14H26N2/c1-11(2)13(4,5)10-14(6,7)16-12(3)8-9-15-16/h8-9,11H,10H2,1-7H3. The molecule has 0 atom stereocenters. The second-order valence-electron chi connectivity index (χ2n) is 6.52. The molecule has 0 spiro atoms. The van der Waals surface area contributed by atoms with Crippen LogP contribution in [0.25, 0.3) is 0 Å². The molecule has 0 radical (unpaired) electrons. The van der Waals surface area contributed by atoms with E-state index in [-0.39, 0.29) is 5.54 Å². The quantitative estimate of drug-likeness (QED) is 0.753. The molecule has 0 saturated carbocycles. The number of aromatic nitrogens is 2. The molecule has 0 aromatic carbocycles. The molecule has 0 saturated heterocycles. The maximum Gasteiger partial charge on any atom is 0.0579 e. The molecule has 0 aliphatic rings. The van der Waals surface area contributed by atoms with E-state index in [9.17, 15) is 0 Å².